The SMILES string of the molecule is CCC(CC(=O)O)NC(=O)N1CCCC(C)(C)C1. The Hall–Kier alpha value is -1.26. The molecule has 0 radical (unpaired) electrons. The van der Waals surface area contributed by atoms with Crippen LogP contribution < -0.4 is 5.32 Å². The Bertz CT molecular complexity index is 315. The third kappa shape index (κ3) is 4.55. The summed E-state index contributed by atoms with van der Waals surface area (Å²) in [6.45, 7) is 7.69. The molecular formula is C13H24N2O3. The Kier molecular flexibility index (Phi) is 4.99. The first-order chi connectivity index (χ1) is 8.34. The number of carbonyl (C=O) groups excluding carboxylic acids is 1. The van der Waals surface area contributed by atoms with Gasteiger partial charge in [-0.25, -0.2) is 4.79 Å². The molecule has 0 spiro atoms. The molecule has 1 aliphatic rings. The number of piperidine rings is 1. The average Bonchev–Trinajstić information content (AvgIpc) is 2.26. The van der Waals surface area contributed by atoms with E-state index in [2.05, 4.69) is 19.2 Å². The van der Waals surface area contributed by atoms with Crippen molar-refractivity contribution in [3.63, 3.8) is 0 Å². The molecule has 0 aromatic rings. The van der Waals surface area contributed by atoms with Crippen LogP contribution in [0.5, 0.6) is 0 Å². The van der Waals surface area contributed by atoms with Crippen molar-refractivity contribution in [1.82, 2.24) is 10.2 Å². The monoisotopic (exact) mass is 256 g/mol. The third-order valence-corrected chi connectivity index (χ3v) is 3.43. The van der Waals surface area contributed by atoms with Crippen molar-refractivity contribution < 1.29 is 14.7 Å². The first-order valence-electron chi connectivity index (χ1n) is 6.61. The molecule has 5 nitrogen and oxygen atoms in total. The van der Waals surface area contributed by atoms with Crippen LogP contribution in [0.2, 0.25) is 0 Å². The number of amides is 2. The van der Waals surface area contributed by atoms with Gasteiger partial charge in [-0.2, -0.15) is 0 Å². The molecule has 18 heavy (non-hydrogen) atoms. The zero-order chi connectivity index (χ0) is 13.8. The number of nitrogens with one attached hydrogen (secondary N) is 1. The maximum absolute atomic E-state index is 12.1. The number of hydrogen-bond donors (Lipinski definition) is 2. The number of carbonyl (C=O) groups is 2. The summed E-state index contributed by atoms with van der Waals surface area (Å²) in [5.41, 5.74) is 0.157. The normalized spacial score (nSPS) is 20.3. The van der Waals surface area contributed by atoms with E-state index in [0.717, 1.165) is 25.9 Å². The maximum atomic E-state index is 12.1. The molecule has 0 aliphatic carbocycles. The molecule has 1 heterocycles. The number of urea groups is 1. The van der Waals surface area contributed by atoms with Gasteiger partial charge >= 0.3 is 12.0 Å². The smallest absolute Gasteiger partial charge is 0.317 e. The van der Waals surface area contributed by atoms with Gasteiger partial charge in [0.2, 0.25) is 0 Å². The van der Waals surface area contributed by atoms with Crippen molar-refractivity contribution in [1.29, 1.82) is 0 Å². The summed E-state index contributed by atoms with van der Waals surface area (Å²) in [7, 11) is 0. The van der Waals surface area contributed by atoms with Crippen LogP contribution in [-0.4, -0.2) is 41.1 Å². The summed E-state index contributed by atoms with van der Waals surface area (Å²) in [6, 6.07) is -0.407. The number of nitrogens with zero attached hydrogens (tertiary/aromatic N) is 1. The van der Waals surface area contributed by atoms with Crippen molar-refractivity contribution >= 4 is 12.0 Å². The topological polar surface area (TPSA) is 69.6 Å². The summed E-state index contributed by atoms with van der Waals surface area (Å²) < 4.78 is 0. The highest BCUT2D eigenvalue weighted by Gasteiger charge is 2.29. The minimum Gasteiger partial charge on any atom is -0.481 e. The predicted molar refractivity (Wildman–Crippen MR) is 69.5 cm³/mol. The summed E-state index contributed by atoms with van der Waals surface area (Å²) in [4.78, 5) is 24.5. The predicted octanol–water partition coefficient (Wildman–Crippen LogP) is 2.07. The van der Waals surface area contributed by atoms with Crippen LogP contribution in [-0.2, 0) is 4.79 Å². The summed E-state index contributed by atoms with van der Waals surface area (Å²) in [5, 5.41) is 11.6. The molecule has 1 saturated heterocycles. The molecule has 104 valence electrons. The molecule has 1 fully saturated rings. The number of aliphatic carboxylic acids is 1. The highest BCUT2D eigenvalue weighted by molar-refractivity contribution is 5.76. The van der Waals surface area contributed by atoms with E-state index >= 15 is 0 Å². The molecular weight excluding hydrogens is 232 g/mol. The van der Waals surface area contributed by atoms with E-state index in [1.54, 1.807) is 4.90 Å². The van der Waals surface area contributed by atoms with Crippen LogP contribution in [0.4, 0.5) is 4.79 Å². The standard InChI is InChI=1S/C13H24N2O3/c1-4-10(8-11(16)17)14-12(18)15-7-5-6-13(2,3)9-15/h10H,4-9H2,1-3H3,(H,14,18)(H,16,17). The molecule has 1 unspecified atom stereocenters. The third-order valence-electron chi connectivity index (χ3n) is 3.43. The number of likely N-dealkylation sites (tertiary alicyclic amines) is 1. The lowest BCUT2D eigenvalue weighted by molar-refractivity contribution is -0.137. The van der Waals surface area contributed by atoms with Gasteiger partial charge in [0.05, 0.1) is 6.42 Å². The van der Waals surface area contributed by atoms with Gasteiger partial charge in [-0.05, 0) is 24.7 Å². The fourth-order valence-electron chi connectivity index (χ4n) is 2.37. The lowest BCUT2D eigenvalue weighted by atomic mass is 9.84. The number of hydrogen-bond acceptors (Lipinski definition) is 2. The van der Waals surface area contributed by atoms with Gasteiger partial charge in [0.15, 0.2) is 0 Å². The van der Waals surface area contributed by atoms with Crippen molar-refractivity contribution in [3.8, 4) is 0 Å². The Morgan fingerprint density at radius 1 is 1.44 bits per heavy atom. The van der Waals surface area contributed by atoms with Gasteiger partial charge in [-0.15, -0.1) is 0 Å². The van der Waals surface area contributed by atoms with E-state index in [4.69, 9.17) is 5.11 Å². The Balaban J connectivity index is 2.50. The summed E-state index contributed by atoms with van der Waals surface area (Å²) in [5.74, 6) is -0.874. The molecule has 0 bridgehead atoms. The second-order valence-electron chi connectivity index (χ2n) is 5.84. The van der Waals surface area contributed by atoms with E-state index in [9.17, 15) is 9.59 Å². The quantitative estimate of drug-likeness (QED) is 0.809. The fourth-order valence-corrected chi connectivity index (χ4v) is 2.37. The summed E-state index contributed by atoms with van der Waals surface area (Å²) >= 11 is 0. The molecule has 5 heteroatoms. The molecule has 1 atom stereocenters. The molecule has 0 aromatic carbocycles. The van der Waals surface area contributed by atoms with Gasteiger partial charge < -0.3 is 15.3 Å². The van der Waals surface area contributed by atoms with Gasteiger partial charge in [0.25, 0.3) is 0 Å². The van der Waals surface area contributed by atoms with Crippen molar-refractivity contribution in [2.45, 2.75) is 52.5 Å². The van der Waals surface area contributed by atoms with Gasteiger partial charge in [0.1, 0.15) is 0 Å². The molecule has 0 aromatic heterocycles. The first kappa shape index (κ1) is 14.8. The van der Waals surface area contributed by atoms with Crippen LogP contribution in [0.15, 0.2) is 0 Å². The highest BCUT2D eigenvalue weighted by Crippen LogP contribution is 2.28. The van der Waals surface area contributed by atoms with Gasteiger partial charge in [0, 0.05) is 19.1 Å². The molecule has 1 rings (SSSR count). The largest absolute Gasteiger partial charge is 0.481 e. The molecule has 2 N–H and O–H groups in total. The van der Waals surface area contributed by atoms with Crippen LogP contribution in [0, 0.1) is 5.41 Å². The lowest BCUT2D eigenvalue weighted by Gasteiger charge is -2.38. The van der Waals surface area contributed by atoms with E-state index in [1.807, 2.05) is 6.92 Å². The number of carboxylic acids is 1. The van der Waals surface area contributed by atoms with Crippen LogP contribution in [0.1, 0.15) is 46.5 Å². The van der Waals surface area contributed by atoms with Crippen LogP contribution >= 0.6 is 0 Å². The van der Waals surface area contributed by atoms with E-state index in [-0.39, 0.29) is 23.9 Å². The second kappa shape index (κ2) is 6.07. The van der Waals surface area contributed by atoms with Gasteiger partial charge in [-0.1, -0.05) is 20.8 Å². The molecule has 0 saturated carbocycles. The Labute approximate surface area is 109 Å². The highest BCUT2D eigenvalue weighted by atomic mass is 16.4. The van der Waals surface area contributed by atoms with Crippen LogP contribution in [0.3, 0.4) is 0 Å². The summed E-state index contributed by atoms with van der Waals surface area (Å²) in [6.07, 6.45) is 2.76. The zero-order valence-electron chi connectivity index (χ0n) is 11.5. The Morgan fingerprint density at radius 3 is 2.61 bits per heavy atom. The maximum Gasteiger partial charge on any atom is 0.317 e. The lowest BCUT2D eigenvalue weighted by Crippen LogP contribution is -2.50. The van der Waals surface area contributed by atoms with Crippen molar-refractivity contribution in [2.24, 2.45) is 5.41 Å². The van der Waals surface area contributed by atoms with Crippen molar-refractivity contribution in [2.75, 3.05) is 13.1 Å². The minimum absolute atomic E-state index is 0.0144. The van der Waals surface area contributed by atoms with E-state index in [0.29, 0.717) is 6.42 Å². The van der Waals surface area contributed by atoms with Crippen molar-refractivity contribution in [3.05, 3.63) is 0 Å². The van der Waals surface area contributed by atoms with E-state index < -0.39 is 5.97 Å². The molecule has 1 aliphatic heterocycles. The second-order valence-corrected chi connectivity index (χ2v) is 5.84. The first-order valence-corrected chi connectivity index (χ1v) is 6.61. The number of carboxylic acid groups (broad SMARTS) is 1. The van der Waals surface area contributed by atoms with Crippen LogP contribution in [0.25, 0.3) is 0 Å². The van der Waals surface area contributed by atoms with Gasteiger partial charge in [-0.3, -0.25) is 4.79 Å². The molecule has 2 amide bonds. The zero-order valence-corrected chi connectivity index (χ0v) is 11.5. The Morgan fingerprint density at radius 2 is 2.11 bits per heavy atom. The van der Waals surface area contributed by atoms with E-state index in [1.165, 1.54) is 0 Å². The minimum atomic E-state index is -0.874. The number of rotatable bonds is 4. The fraction of sp³-hybridized carbons (Fsp3) is 0.846. The average molecular weight is 256 g/mol.